The van der Waals surface area contributed by atoms with Crippen LogP contribution in [-0.2, 0) is 0 Å². The molecule has 0 aliphatic carbocycles. The Kier molecular flexibility index (Phi) is 8.55. The lowest BCUT2D eigenvalue weighted by Crippen LogP contribution is -2.11. The highest BCUT2D eigenvalue weighted by atomic mass is 15.1. The van der Waals surface area contributed by atoms with Gasteiger partial charge in [-0.1, -0.05) is 176 Å². The number of rotatable bonds is 8. The average molecular weight is 715 g/mol. The Balaban J connectivity index is 1.10. The monoisotopic (exact) mass is 714 g/mol. The van der Waals surface area contributed by atoms with Gasteiger partial charge in [-0.25, -0.2) is 0 Å². The van der Waals surface area contributed by atoms with Gasteiger partial charge in [-0.3, -0.25) is 0 Å². The van der Waals surface area contributed by atoms with E-state index in [0.29, 0.717) is 0 Å². The molecule has 0 spiro atoms. The molecule has 0 N–H and O–H groups in total. The second-order valence-electron chi connectivity index (χ2n) is 14.1. The fourth-order valence-electron chi connectivity index (χ4n) is 8.24. The molecule has 264 valence electrons. The Hall–Kier alpha value is -7.42. The van der Waals surface area contributed by atoms with Crippen LogP contribution in [0.2, 0.25) is 0 Å². The normalized spacial score (nSPS) is 11.2. The van der Waals surface area contributed by atoms with Gasteiger partial charge in [-0.2, -0.15) is 0 Å². The van der Waals surface area contributed by atoms with Crippen LogP contribution in [0, 0.1) is 0 Å². The summed E-state index contributed by atoms with van der Waals surface area (Å²) in [5.41, 5.74) is 16.4. The fraction of sp³-hybridized carbons (Fsp3) is 0. The molecular weight excluding hydrogens is 677 g/mol. The number of nitrogens with zero attached hydrogens (tertiary/aromatic N) is 2. The molecule has 0 aliphatic heterocycles. The van der Waals surface area contributed by atoms with Crippen molar-refractivity contribution in [3.8, 4) is 50.2 Å². The van der Waals surface area contributed by atoms with E-state index in [1.54, 1.807) is 0 Å². The second kappa shape index (κ2) is 14.4. The molecule has 0 amide bonds. The van der Waals surface area contributed by atoms with Crippen molar-refractivity contribution in [1.29, 1.82) is 0 Å². The van der Waals surface area contributed by atoms with E-state index < -0.39 is 0 Å². The minimum Gasteiger partial charge on any atom is -0.310 e. The first-order valence-corrected chi connectivity index (χ1v) is 19.2. The smallest absolute Gasteiger partial charge is 0.0547 e. The molecule has 0 saturated heterocycles. The second-order valence-corrected chi connectivity index (χ2v) is 14.1. The van der Waals surface area contributed by atoms with Gasteiger partial charge in [0.25, 0.3) is 0 Å². The highest BCUT2D eigenvalue weighted by molar-refractivity contribution is 6.17. The topological polar surface area (TPSA) is 8.17 Å². The quantitative estimate of drug-likeness (QED) is 0.152. The molecule has 0 aliphatic rings. The van der Waals surface area contributed by atoms with Crippen LogP contribution >= 0.6 is 0 Å². The third kappa shape index (κ3) is 5.95. The molecule has 0 radical (unpaired) electrons. The molecule has 0 atom stereocenters. The van der Waals surface area contributed by atoms with Gasteiger partial charge in [-0.15, -0.1) is 0 Å². The molecule has 10 aromatic rings. The maximum Gasteiger partial charge on any atom is 0.0547 e. The van der Waals surface area contributed by atoms with Crippen LogP contribution in [0.25, 0.3) is 72.0 Å². The Labute approximate surface area is 327 Å². The minimum absolute atomic E-state index is 1.10. The highest BCUT2D eigenvalue weighted by Gasteiger charge is 2.21. The van der Waals surface area contributed by atoms with E-state index in [0.717, 1.165) is 28.3 Å². The summed E-state index contributed by atoms with van der Waals surface area (Å²) in [4.78, 5) is 2.39. The number of anilines is 3. The van der Waals surface area contributed by atoms with Gasteiger partial charge in [0.15, 0.2) is 0 Å². The summed E-state index contributed by atoms with van der Waals surface area (Å²) in [7, 11) is 0. The zero-order valence-electron chi connectivity index (χ0n) is 30.8. The summed E-state index contributed by atoms with van der Waals surface area (Å²) in [5, 5.41) is 2.50. The van der Waals surface area contributed by atoms with Crippen LogP contribution < -0.4 is 4.90 Å². The third-order valence-corrected chi connectivity index (χ3v) is 10.8. The van der Waals surface area contributed by atoms with Gasteiger partial charge in [0.1, 0.15) is 0 Å². The van der Waals surface area contributed by atoms with Gasteiger partial charge in [-0.05, 0) is 93.5 Å². The third-order valence-electron chi connectivity index (χ3n) is 10.8. The minimum atomic E-state index is 1.10. The van der Waals surface area contributed by atoms with Gasteiger partial charge in [0, 0.05) is 33.4 Å². The number of para-hydroxylation sites is 4. The number of benzene rings is 9. The van der Waals surface area contributed by atoms with Crippen molar-refractivity contribution in [3.05, 3.63) is 231 Å². The van der Waals surface area contributed by atoms with E-state index in [4.69, 9.17) is 0 Å². The van der Waals surface area contributed by atoms with Gasteiger partial charge >= 0.3 is 0 Å². The molecule has 10 rings (SSSR count). The maximum atomic E-state index is 2.39. The predicted octanol–water partition coefficient (Wildman–Crippen LogP) is 14.9. The summed E-state index contributed by atoms with van der Waals surface area (Å²) >= 11 is 0. The highest BCUT2D eigenvalue weighted by Crippen LogP contribution is 2.46. The number of aromatic nitrogens is 1. The van der Waals surface area contributed by atoms with Crippen molar-refractivity contribution in [3.63, 3.8) is 0 Å². The van der Waals surface area contributed by atoms with Crippen molar-refractivity contribution in [2.24, 2.45) is 0 Å². The van der Waals surface area contributed by atoms with Crippen molar-refractivity contribution in [2.45, 2.75) is 0 Å². The summed E-state index contributed by atoms with van der Waals surface area (Å²) in [6.45, 7) is 0. The zero-order chi connectivity index (χ0) is 37.3. The Bertz CT molecular complexity index is 2930. The van der Waals surface area contributed by atoms with E-state index in [1.807, 2.05) is 0 Å². The molecule has 2 heteroatoms. The average Bonchev–Trinajstić information content (AvgIpc) is 3.63. The maximum absolute atomic E-state index is 2.39. The van der Waals surface area contributed by atoms with Gasteiger partial charge in [0.2, 0.25) is 0 Å². The molecule has 56 heavy (non-hydrogen) atoms. The SMILES string of the molecule is c1ccc(-c2ccc(-c3ccc(N(c4ccccc4)c4ccccc4-c4ccccc4-c4cccc5c4c4ccccc4n5-c4ccccc4)cc3)cc2)cc1. The molecule has 1 heterocycles. The molecule has 9 aromatic carbocycles. The number of hydrogen-bond acceptors (Lipinski definition) is 1. The molecule has 0 fully saturated rings. The molecule has 0 unspecified atom stereocenters. The summed E-state index contributed by atoms with van der Waals surface area (Å²) in [6, 6.07) is 83.0. The first-order chi connectivity index (χ1) is 27.8. The van der Waals surface area contributed by atoms with E-state index in [-0.39, 0.29) is 0 Å². The van der Waals surface area contributed by atoms with Crippen LogP contribution in [0.4, 0.5) is 17.1 Å². The summed E-state index contributed by atoms with van der Waals surface area (Å²) < 4.78 is 2.39. The standard InChI is InChI=1S/C54H38N2/c1-4-17-39(18-5-1)40-31-33-41(34-32-40)42-35-37-45(38-36-42)55(43-19-6-2-7-20-43)51-28-14-12-25-48(51)46-23-10-11-24-47(46)49-27-16-30-53-54(49)50-26-13-15-29-52(50)56(53)44-21-8-3-9-22-44/h1-38H. The van der Waals surface area contributed by atoms with Crippen molar-refractivity contribution in [1.82, 2.24) is 4.57 Å². The van der Waals surface area contributed by atoms with Crippen LogP contribution in [-0.4, -0.2) is 4.57 Å². The van der Waals surface area contributed by atoms with Crippen molar-refractivity contribution >= 4 is 38.9 Å². The Morgan fingerprint density at radius 1 is 0.286 bits per heavy atom. The van der Waals surface area contributed by atoms with Crippen LogP contribution in [0.5, 0.6) is 0 Å². The predicted molar refractivity (Wildman–Crippen MR) is 237 cm³/mol. The van der Waals surface area contributed by atoms with E-state index >= 15 is 0 Å². The summed E-state index contributed by atoms with van der Waals surface area (Å²) in [6.07, 6.45) is 0. The summed E-state index contributed by atoms with van der Waals surface area (Å²) in [5.74, 6) is 0. The van der Waals surface area contributed by atoms with Crippen molar-refractivity contribution in [2.75, 3.05) is 4.90 Å². The van der Waals surface area contributed by atoms with Gasteiger partial charge in [0.05, 0.1) is 16.7 Å². The van der Waals surface area contributed by atoms with Crippen molar-refractivity contribution < 1.29 is 0 Å². The number of fused-ring (bicyclic) bond motifs is 3. The van der Waals surface area contributed by atoms with Crippen LogP contribution in [0.3, 0.4) is 0 Å². The molecular formula is C54H38N2. The number of hydrogen-bond donors (Lipinski definition) is 0. The fourth-order valence-corrected chi connectivity index (χ4v) is 8.24. The van der Waals surface area contributed by atoms with Gasteiger partial charge < -0.3 is 9.47 Å². The lowest BCUT2D eigenvalue weighted by Gasteiger charge is -2.28. The Morgan fingerprint density at radius 3 is 1.41 bits per heavy atom. The lowest BCUT2D eigenvalue weighted by atomic mass is 9.90. The Morgan fingerprint density at radius 2 is 0.732 bits per heavy atom. The van der Waals surface area contributed by atoms with E-state index in [9.17, 15) is 0 Å². The first kappa shape index (κ1) is 33.2. The molecule has 1 aromatic heterocycles. The van der Waals surface area contributed by atoms with Crippen LogP contribution in [0.15, 0.2) is 231 Å². The largest absolute Gasteiger partial charge is 0.310 e. The first-order valence-electron chi connectivity index (χ1n) is 19.2. The van der Waals surface area contributed by atoms with E-state index in [2.05, 4.69) is 240 Å². The zero-order valence-corrected chi connectivity index (χ0v) is 30.8. The van der Waals surface area contributed by atoms with Crippen LogP contribution in [0.1, 0.15) is 0 Å². The molecule has 0 saturated carbocycles. The molecule has 2 nitrogen and oxygen atoms in total. The molecule has 0 bridgehead atoms. The van der Waals surface area contributed by atoms with E-state index in [1.165, 1.54) is 60.8 Å². The lowest BCUT2D eigenvalue weighted by molar-refractivity contribution is 1.18.